The third-order valence-corrected chi connectivity index (χ3v) is 3.83. The van der Waals surface area contributed by atoms with Gasteiger partial charge in [-0.2, -0.15) is 0 Å². The molecular formula is C17H23NO. The molecule has 0 radical (unpaired) electrons. The molecule has 0 fully saturated rings. The molecule has 19 heavy (non-hydrogen) atoms. The van der Waals surface area contributed by atoms with Crippen LogP contribution < -0.4 is 5.32 Å². The van der Waals surface area contributed by atoms with Crippen LogP contribution in [0.25, 0.3) is 0 Å². The average molecular weight is 257 g/mol. The van der Waals surface area contributed by atoms with Gasteiger partial charge < -0.3 is 5.32 Å². The van der Waals surface area contributed by atoms with Crippen molar-refractivity contribution in [3.8, 4) is 0 Å². The molecule has 0 heterocycles. The first kappa shape index (κ1) is 13.9. The van der Waals surface area contributed by atoms with Crippen LogP contribution in [-0.2, 0) is 11.2 Å². The zero-order valence-electron chi connectivity index (χ0n) is 12.0. The fourth-order valence-electron chi connectivity index (χ4n) is 2.44. The van der Waals surface area contributed by atoms with Gasteiger partial charge >= 0.3 is 0 Å². The lowest BCUT2D eigenvalue weighted by Crippen LogP contribution is -2.27. The van der Waals surface area contributed by atoms with Crippen molar-refractivity contribution >= 4 is 5.91 Å². The molecule has 0 bridgehead atoms. The van der Waals surface area contributed by atoms with E-state index in [1.165, 1.54) is 36.0 Å². The summed E-state index contributed by atoms with van der Waals surface area (Å²) in [7, 11) is 0. The third kappa shape index (κ3) is 4.23. The van der Waals surface area contributed by atoms with Gasteiger partial charge in [-0.05, 0) is 56.2 Å². The van der Waals surface area contributed by atoms with Crippen molar-refractivity contribution < 1.29 is 4.79 Å². The van der Waals surface area contributed by atoms with Gasteiger partial charge in [0, 0.05) is 6.54 Å². The molecule has 1 aromatic carbocycles. The van der Waals surface area contributed by atoms with Gasteiger partial charge in [-0.25, -0.2) is 0 Å². The molecule has 2 nitrogen and oxygen atoms in total. The number of amides is 1. The molecule has 1 N–H and O–H groups in total. The van der Waals surface area contributed by atoms with E-state index < -0.39 is 0 Å². The van der Waals surface area contributed by atoms with E-state index in [1.54, 1.807) is 0 Å². The van der Waals surface area contributed by atoms with Crippen LogP contribution in [0.15, 0.2) is 29.8 Å². The number of hydrogen-bond acceptors (Lipinski definition) is 1. The lowest BCUT2D eigenvalue weighted by molar-refractivity contribution is -0.120. The Morgan fingerprint density at radius 3 is 2.74 bits per heavy atom. The number of nitrogens with one attached hydrogen (secondary N) is 1. The second-order valence-electron chi connectivity index (χ2n) is 5.48. The largest absolute Gasteiger partial charge is 0.352 e. The Morgan fingerprint density at radius 1 is 1.21 bits per heavy atom. The maximum absolute atomic E-state index is 11.9. The molecule has 0 aromatic heterocycles. The standard InChI is InChI=1S/C17H23NO/c1-13-8-9-16(10-14(13)2)11-17(19)18-12-15-6-4-3-5-7-15/h6,8-10H,3-5,7,11-12H2,1-2H3,(H,18,19). The normalized spacial score (nSPS) is 14.9. The van der Waals surface area contributed by atoms with Crippen LogP contribution in [0.1, 0.15) is 42.4 Å². The van der Waals surface area contributed by atoms with Crippen LogP contribution in [0.2, 0.25) is 0 Å². The topological polar surface area (TPSA) is 29.1 Å². The van der Waals surface area contributed by atoms with Gasteiger partial charge in [0.15, 0.2) is 0 Å². The number of rotatable bonds is 4. The first-order chi connectivity index (χ1) is 9.15. The van der Waals surface area contributed by atoms with Crippen LogP contribution in [-0.4, -0.2) is 12.5 Å². The molecule has 0 saturated heterocycles. The van der Waals surface area contributed by atoms with Crippen molar-refractivity contribution in [3.63, 3.8) is 0 Å². The summed E-state index contributed by atoms with van der Waals surface area (Å²) in [5.41, 5.74) is 5.01. The summed E-state index contributed by atoms with van der Waals surface area (Å²) in [6.07, 6.45) is 7.62. The van der Waals surface area contributed by atoms with E-state index in [0.717, 1.165) is 18.5 Å². The molecule has 0 spiro atoms. The van der Waals surface area contributed by atoms with E-state index >= 15 is 0 Å². The zero-order valence-corrected chi connectivity index (χ0v) is 12.0. The minimum absolute atomic E-state index is 0.120. The molecule has 2 rings (SSSR count). The highest BCUT2D eigenvalue weighted by Crippen LogP contribution is 2.16. The molecule has 0 unspecified atom stereocenters. The predicted molar refractivity (Wildman–Crippen MR) is 79.2 cm³/mol. The van der Waals surface area contributed by atoms with Crippen LogP contribution in [0.3, 0.4) is 0 Å². The summed E-state index contributed by atoms with van der Waals surface area (Å²) >= 11 is 0. The second kappa shape index (κ2) is 6.55. The predicted octanol–water partition coefficient (Wildman–Crippen LogP) is 3.46. The average Bonchev–Trinajstić information content (AvgIpc) is 2.42. The minimum Gasteiger partial charge on any atom is -0.352 e. The van der Waals surface area contributed by atoms with Crippen molar-refractivity contribution in [2.75, 3.05) is 6.54 Å². The smallest absolute Gasteiger partial charge is 0.224 e. The molecule has 102 valence electrons. The summed E-state index contributed by atoms with van der Waals surface area (Å²) < 4.78 is 0. The van der Waals surface area contributed by atoms with Crippen LogP contribution >= 0.6 is 0 Å². The Hall–Kier alpha value is -1.57. The van der Waals surface area contributed by atoms with Gasteiger partial charge in [-0.15, -0.1) is 0 Å². The van der Waals surface area contributed by atoms with E-state index in [9.17, 15) is 4.79 Å². The summed E-state index contributed by atoms with van der Waals surface area (Å²) in [4.78, 5) is 11.9. The van der Waals surface area contributed by atoms with E-state index in [4.69, 9.17) is 0 Å². The fraction of sp³-hybridized carbons (Fsp3) is 0.471. The van der Waals surface area contributed by atoms with Crippen molar-refractivity contribution in [2.45, 2.75) is 46.0 Å². The van der Waals surface area contributed by atoms with Crippen LogP contribution in [0, 0.1) is 13.8 Å². The third-order valence-electron chi connectivity index (χ3n) is 3.83. The lowest BCUT2D eigenvalue weighted by Gasteiger charge is -2.13. The number of carbonyl (C=O) groups excluding carboxylic acids is 1. The van der Waals surface area contributed by atoms with E-state index in [1.807, 2.05) is 6.07 Å². The van der Waals surface area contributed by atoms with E-state index in [2.05, 4.69) is 37.4 Å². The summed E-state index contributed by atoms with van der Waals surface area (Å²) in [6.45, 7) is 4.90. The highest BCUT2D eigenvalue weighted by Gasteiger charge is 2.07. The van der Waals surface area contributed by atoms with Gasteiger partial charge in [0.1, 0.15) is 0 Å². The highest BCUT2D eigenvalue weighted by molar-refractivity contribution is 5.78. The van der Waals surface area contributed by atoms with Crippen molar-refractivity contribution in [1.82, 2.24) is 5.32 Å². The number of benzene rings is 1. The van der Waals surface area contributed by atoms with Gasteiger partial charge in [0.25, 0.3) is 0 Å². The Kier molecular flexibility index (Phi) is 4.78. The van der Waals surface area contributed by atoms with E-state index in [-0.39, 0.29) is 5.91 Å². The number of carbonyl (C=O) groups is 1. The van der Waals surface area contributed by atoms with E-state index in [0.29, 0.717) is 6.42 Å². The van der Waals surface area contributed by atoms with Gasteiger partial charge in [-0.1, -0.05) is 29.8 Å². The molecule has 1 amide bonds. The molecule has 1 aliphatic rings. The molecule has 0 aliphatic heterocycles. The van der Waals surface area contributed by atoms with Gasteiger partial charge in [0.05, 0.1) is 6.42 Å². The summed E-state index contributed by atoms with van der Waals surface area (Å²) in [6, 6.07) is 6.23. The molecule has 0 saturated carbocycles. The maximum Gasteiger partial charge on any atom is 0.224 e. The minimum atomic E-state index is 0.120. The SMILES string of the molecule is Cc1ccc(CC(=O)NCC2=CCCCC2)cc1C. The molecule has 0 atom stereocenters. The number of allylic oxidation sites excluding steroid dienone is 1. The molecule has 1 aliphatic carbocycles. The maximum atomic E-state index is 11.9. The van der Waals surface area contributed by atoms with Crippen molar-refractivity contribution in [1.29, 1.82) is 0 Å². The molecular weight excluding hydrogens is 234 g/mol. The monoisotopic (exact) mass is 257 g/mol. The van der Waals surface area contributed by atoms with Crippen molar-refractivity contribution in [2.24, 2.45) is 0 Å². The lowest BCUT2D eigenvalue weighted by atomic mass is 9.99. The Labute approximate surface area is 115 Å². The number of hydrogen-bond donors (Lipinski definition) is 1. The van der Waals surface area contributed by atoms with Crippen LogP contribution in [0.5, 0.6) is 0 Å². The first-order valence-corrected chi connectivity index (χ1v) is 7.16. The molecule has 2 heteroatoms. The summed E-state index contributed by atoms with van der Waals surface area (Å²) in [5.74, 6) is 0.120. The zero-order chi connectivity index (χ0) is 13.7. The molecule has 1 aromatic rings. The van der Waals surface area contributed by atoms with Crippen molar-refractivity contribution in [3.05, 3.63) is 46.5 Å². The number of aryl methyl sites for hydroxylation is 2. The van der Waals surface area contributed by atoms with Gasteiger partial charge in [0.2, 0.25) is 5.91 Å². The van der Waals surface area contributed by atoms with Gasteiger partial charge in [-0.3, -0.25) is 4.79 Å². The van der Waals surface area contributed by atoms with Crippen LogP contribution in [0.4, 0.5) is 0 Å². The Morgan fingerprint density at radius 2 is 2.05 bits per heavy atom. The summed E-state index contributed by atoms with van der Waals surface area (Å²) in [5, 5.41) is 3.03. The second-order valence-corrected chi connectivity index (χ2v) is 5.48. The quantitative estimate of drug-likeness (QED) is 0.822. The Balaban J connectivity index is 1.83. The fourth-order valence-corrected chi connectivity index (χ4v) is 2.44. The Bertz CT molecular complexity index is 488. The highest BCUT2D eigenvalue weighted by atomic mass is 16.1. The first-order valence-electron chi connectivity index (χ1n) is 7.16.